The molecule has 0 saturated carbocycles. The van der Waals surface area contributed by atoms with Crippen molar-refractivity contribution in [1.29, 1.82) is 0 Å². The van der Waals surface area contributed by atoms with Gasteiger partial charge in [-0.1, -0.05) is 12.1 Å². The number of hydrogen-bond acceptors (Lipinski definition) is 8. The molecule has 0 radical (unpaired) electrons. The molecule has 32 heavy (non-hydrogen) atoms. The van der Waals surface area contributed by atoms with Crippen LogP contribution in [0.2, 0.25) is 0 Å². The molecule has 4 N–H and O–H groups in total. The molecular weight excluding hydrogens is 480 g/mol. The van der Waals surface area contributed by atoms with Crippen LogP contribution in [-0.4, -0.2) is 50.7 Å². The van der Waals surface area contributed by atoms with E-state index in [0.717, 1.165) is 12.0 Å². The van der Waals surface area contributed by atoms with Crippen molar-refractivity contribution < 1.29 is 31.6 Å². The van der Waals surface area contributed by atoms with Gasteiger partial charge in [0.2, 0.25) is 0 Å². The molecule has 0 unspecified atom stereocenters. The van der Waals surface area contributed by atoms with E-state index in [0.29, 0.717) is 18.0 Å². The summed E-state index contributed by atoms with van der Waals surface area (Å²) in [4.78, 5) is 12.2. The van der Waals surface area contributed by atoms with E-state index in [9.17, 15) is 21.6 Å². The first kappa shape index (κ1) is 26.1. The number of sulfone groups is 2. The van der Waals surface area contributed by atoms with E-state index in [1.807, 2.05) is 12.1 Å². The van der Waals surface area contributed by atoms with Gasteiger partial charge in [0.1, 0.15) is 21.3 Å². The third kappa shape index (κ3) is 5.24. The van der Waals surface area contributed by atoms with E-state index >= 15 is 0 Å². The van der Waals surface area contributed by atoms with Gasteiger partial charge in [-0.25, -0.2) is 22.3 Å². The molecule has 0 spiro atoms. The van der Waals surface area contributed by atoms with E-state index < -0.39 is 54.7 Å². The summed E-state index contributed by atoms with van der Waals surface area (Å²) in [7, 11) is -7.73. The average Bonchev–Trinajstić information content (AvgIpc) is 2.75. The Morgan fingerprint density at radius 3 is 2.00 bits per heavy atom. The Bertz CT molecular complexity index is 1140. The molecular formula is C20H25ClN2O7S2. The number of benzene rings is 2. The molecule has 0 bridgehead atoms. The molecule has 9 nitrogen and oxygen atoms in total. The lowest BCUT2D eigenvalue weighted by atomic mass is 10.0. The summed E-state index contributed by atoms with van der Waals surface area (Å²) in [6, 6.07) is 12.8. The molecule has 3 rings (SSSR count). The molecule has 2 aromatic rings. The lowest BCUT2D eigenvalue weighted by Crippen LogP contribution is -2.55. The Morgan fingerprint density at radius 1 is 1.03 bits per heavy atom. The highest BCUT2D eigenvalue weighted by Gasteiger charge is 2.54. The number of amides is 1. The summed E-state index contributed by atoms with van der Waals surface area (Å²) in [6.07, 6.45) is -0.119. The van der Waals surface area contributed by atoms with Crippen molar-refractivity contribution in [2.24, 2.45) is 5.73 Å². The van der Waals surface area contributed by atoms with Crippen molar-refractivity contribution in [3.8, 4) is 11.5 Å². The zero-order chi connectivity index (χ0) is 22.7. The molecule has 1 aliphatic heterocycles. The van der Waals surface area contributed by atoms with Crippen LogP contribution in [0.15, 0.2) is 53.4 Å². The Labute approximate surface area is 193 Å². The largest absolute Gasteiger partial charge is 0.457 e. The normalized spacial score (nSPS) is 17.1. The Balaban J connectivity index is 0.00000363. The average molecular weight is 505 g/mol. The second-order valence-electron chi connectivity index (χ2n) is 7.35. The number of ether oxygens (including phenoxy) is 1. The maximum atomic E-state index is 13.3. The number of hydrogen-bond donors (Lipinski definition) is 3. The van der Waals surface area contributed by atoms with Crippen LogP contribution in [0.5, 0.6) is 11.5 Å². The maximum Gasteiger partial charge on any atom is 0.265 e. The first-order chi connectivity index (χ1) is 14.6. The number of carbonyl (C=O) groups excluding carboxylic acids is 1. The minimum atomic E-state index is -4.29. The van der Waals surface area contributed by atoms with Gasteiger partial charge in [-0.2, -0.15) is 0 Å². The lowest BCUT2D eigenvalue weighted by molar-refractivity contribution is -0.132. The maximum absolute atomic E-state index is 13.3. The fourth-order valence-corrected chi connectivity index (χ4v) is 7.29. The molecule has 176 valence electrons. The van der Waals surface area contributed by atoms with Gasteiger partial charge in [-0.15, -0.1) is 12.4 Å². The summed E-state index contributed by atoms with van der Waals surface area (Å²) in [5.74, 6) is -1.11. The van der Waals surface area contributed by atoms with Gasteiger partial charge in [0.25, 0.3) is 5.91 Å². The summed E-state index contributed by atoms with van der Waals surface area (Å²) in [6.45, 7) is 0.540. The zero-order valence-corrected chi connectivity index (χ0v) is 19.5. The number of halogens is 1. The van der Waals surface area contributed by atoms with Crippen LogP contribution >= 0.6 is 12.4 Å². The van der Waals surface area contributed by atoms with Gasteiger partial charge in [0.15, 0.2) is 14.6 Å². The highest BCUT2D eigenvalue weighted by molar-refractivity contribution is 7.94. The summed E-state index contributed by atoms with van der Waals surface area (Å²) >= 11 is 0. The van der Waals surface area contributed by atoms with E-state index in [4.69, 9.17) is 15.7 Å². The fraction of sp³-hybridized carbons (Fsp3) is 0.350. The lowest BCUT2D eigenvalue weighted by Gasteiger charge is -2.34. The minimum Gasteiger partial charge on any atom is -0.457 e. The predicted octanol–water partition coefficient (Wildman–Crippen LogP) is 1.63. The number of hydroxylamine groups is 1. The molecule has 0 aromatic heterocycles. The monoisotopic (exact) mass is 504 g/mol. The molecule has 1 aliphatic rings. The van der Waals surface area contributed by atoms with Crippen molar-refractivity contribution in [3.05, 3.63) is 54.1 Å². The minimum absolute atomic E-state index is 0. The van der Waals surface area contributed by atoms with E-state index in [-0.39, 0.29) is 17.3 Å². The van der Waals surface area contributed by atoms with Gasteiger partial charge in [-0.3, -0.25) is 10.0 Å². The van der Waals surface area contributed by atoms with Crippen LogP contribution < -0.4 is 16.0 Å². The first-order valence-electron chi connectivity index (χ1n) is 9.60. The third-order valence-electron chi connectivity index (χ3n) is 5.39. The summed E-state index contributed by atoms with van der Waals surface area (Å²) in [5.41, 5.74) is 7.99. The van der Waals surface area contributed by atoms with Gasteiger partial charge in [0, 0.05) is 0 Å². The first-order valence-corrected chi connectivity index (χ1v) is 12.9. The molecule has 0 aliphatic carbocycles. The molecule has 1 heterocycles. The van der Waals surface area contributed by atoms with Crippen LogP contribution in [-0.2, 0) is 30.9 Å². The van der Waals surface area contributed by atoms with Gasteiger partial charge in [0.05, 0.1) is 16.4 Å². The van der Waals surface area contributed by atoms with Crippen LogP contribution in [0, 0.1) is 0 Å². The van der Waals surface area contributed by atoms with Gasteiger partial charge < -0.3 is 10.5 Å². The Hall–Kier alpha value is -2.18. The standard InChI is InChI=1S/C20H24N2O7S2.ClH/c21-12-9-15-1-3-16(4-2-15)29-17-5-7-18(8-6-17)31(27,28)20(19(23)22-24)10-13-30(25,26)14-11-20;/h1-8,24H,9-14,21H2,(H,22,23);1H. The highest BCUT2D eigenvalue weighted by atomic mass is 35.5. The van der Waals surface area contributed by atoms with Gasteiger partial charge in [-0.05, 0) is 67.8 Å². The third-order valence-corrected chi connectivity index (χ3v) is 9.56. The van der Waals surface area contributed by atoms with Crippen molar-refractivity contribution in [2.45, 2.75) is 28.9 Å². The second kappa shape index (κ2) is 10.2. The van der Waals surface area contributed by atoms with Crippen molar-refractivity contribution >= 4 is 38.0 Å². The van der Waals surface area contributed by atoms with Crippen LogP contribution in [0.4, 0.5) is 0 Å². The Morgan fingerprint density at radius 2 is 1.53 bits per heavy atom. The SMILES string of the molecule is Cl.NCCc1ccc(Oc2ccc(S(=O)(=O)C3(C(=O)NO)CCS(=O)(=O)CC3)cc2)cc1. The van der Waals surface area contributed by atoms with Crippen LogP contribution in [0.1, 0.15) is 18.4 Å². The quantitative estimate of drug-likeness (QED) is 0.380. The topological polar surface area (TPSA) is 153 Å². The van der Waals surface area contributed by atoms with E-state index in [1.54, 1.807) is 12.1 Å². The molecule has 1 saturated heterocycles. The van der Waals surface area contributed by atoms with Crippen LogP contribution in [0.3, 0.4) is 0 Å². The Kier molecular flexibility index (Phi) is 8.29. The molecule has 1 amide bonds. The predicted molar refractivity (Wildman–Crippen MR) is 121 cm³/mol. The van der Waals surface area contributed by atoms with Crippen molar-refractivity contribution in [1.82, 2.24) is 5.48 Å². The van der Waals surface area contributed by atoms with E-state index in [1.165, 1.54) is 29.7 Å². The highest BCUT2D eigenvalue weighted by Crippen LogP contribution is 2.37. The van der Waals surface area contributed by atoms with Gasteiger partial charge >= 0.3 is 0 Å². The molecule has 12 heteroatoms. The second-order valence-corrected chi connectivity index (χ2v) is 11.9. The zero-order valence-electron chi connectivity index (χ0n) is 17.1. The van der Waals surface area contributed by atoms with E-state index in [2.05, 4.69) is 0 Å². The molecule has 1 fully saturated rings. The molecule has 2 aromatic carbocycles. The fourth-order valence-electron chi connectivity index (χ4n) is 3.53. The summed E-state index contributed by atoms with van der Waals surface area (Å²) < 4.78 is 53.8. The number of rotatable bonds is 7. The number of carbonyl (C=O) groups is 1. The smallest absolute Gasteiger partial charge is 0.265 e. The van der Waals surface area contributed by atoms with Crippen molar-refractivity contribution in [2.75, 3.05) is 18.1 Å². The number of nitrogens with two attached hydrogens (primary N) is 1. The van der Waals surface area contributed by atoms with Crippen molar-refractivity contribution in [3.63, 3.8) is 0 Å². The molecule has 0 atom stereocenters. The summed E-state index contributed by atoms with van der Waals surface area (Å²) in [5, 5.41) is 9.11. The van der Waals surface area contributed by atoms with Crippen LogP contribution in [0.25, 0.3) is 0 Å². The number of nitrogens with one attached hydrogen (secondary N) is 1.